The van der Waals surface area contributed by atoms with Crippen molar-refractivity contribution in [3.63, 3.8) is 0 Å². The van der Waals surface area contributed by atoms with Crippen LogP contribution < -0.4 is 0 Å². The van der Waals surface area contributed by atoms with Crippen molar-refractivity contribution in [1.29, 1.82) is 0 Å². The van der Waals surface area contributed by atoms with Crippen LogP contribution in [0.1, 0.15) is 0 Å². The molecule has 0 saturated carbocycles. The summed E-state index contributed by atoms with van der Waals surface area (Å²) >= 11 is 1.69. The second kappa shape index (κ2) is 17.2. The van der Waals surface area contributed by atoms with Gasteiger partial charge in [-0.2, -0.15) is 0 Å². The largest absolute Gasteiger partial charge is 0.208 e. The molecule has 0 aliphatic heterocycles. The Balaban J connectivity index is 0.905. The summed E-state index contributed by atoms with van der Waals surface area (Å²) < 4.78 is 0. The molecule has 0 N–H and O–H groups in total. The van der Waals surface area contributed by atoms with Crippen LogP contribution in [-0.2, 0) is 0 Å². The molecule has 0 aliphatic rings. The first-order valence-electron chi connectivity index (χ1n) is 20.0. The van der Waals surface area contributed by atoms with Crippen molar-refractivity contribution in [2.45, 2.75) is 9.79 Å². The van der Waals surface area contributed by atoms with E-state index in [1.54, 1.807) is 11.8 Å². The first-order chi connectivity index (χ1) is 30.2. The lowest BCUT2D eigenvalue weighted by Gasteiger charge is -2.10. The van der Waals surface area contributed by atoms with E-state index >= 15 is 0 Å². The molecule has 288 valence electrons. The molecule has 10 rings (SSSR count). The summed E-state index contributed by atoms with van der Waals surface area (Å²) in [7, 11) is 0. The first-order valence-corrected chi connectivity index (χ1v) is 20.8. The van der Waals surface area contributed by atoms with E-state index in [2.05, 4.69) is 146 Å². The van der Waals surface area contributed by atoms with Crippen molar-refractivity contribution in [2.24, 2.45) is 0 Å². The number of benzene rings is 8. The van der Waals surface area contributed by atoms with Crippen LogP contribution in [0.15, 0.2) is 228 Å². The Hall–Kier alpha value is -7.87. The highest BCUT2D eigenvalue weighted by molar-refractivity contribution is 7.99. The van der Waals surface area contributed by atoms with Crippen LogP contribution in [0, 0.1) is 0 Å². The Morgan fingerprint density at radius 1 is 0.180 bits per heavy atom. The molecule has 2 aromatic heterocycles. The molecule has 0 spiro atoms. The van der Waals surface area contributed by atoms with Gasteiger partial charge < -0.3 is 0 Å². The minimum absolute atomic E-state index is 0.621. The van der Waals surface area contributed by atoms with Gasteiger partial charge in [0.1, 0.15) is 0 Å². The van der Waals surface area contributed by atoms with Gasteiger partial charge in [0.05, 0.1) is 0 Å². The smallest absolute Gasteiger partial charge is 0.164 e. The molecule has 2 heterocycles. The Kier molecular flexibility index (Phi) is 10.5. The normalized spacial score (nSPS) is 11.0. The fraction of sp³-hybridized carbons (Fsp3) is 0. The predicted octanol–water partition coefficient (Wildman–Crippen LogP) is 13.5. The van der Waals surface area contributed by atoms with Crippen LogP contribution >= 0.6 is 11.8 Å². The van der Waals surface area contributed by atoms with Crippen molar-refractivity contribution in [3.05, 3.63) is 218 Å². The van der Waals surface area contributed by atoms with Gasteiger partial charge in [-0.25, -0.2) is 29.9 Å². The van der Waals surface area contributed by atoms with E-state index < -0.39 is 0 Å². The number of aromatic nitrogens is 6. The standard InChI is InChI=1S/C54H36N6S/c1-5-13-37(14-6-1)39-21-25-43(26-22-39)51-55-49(41-17-9-3-10-18-41)57-53(59-51)45-29-33-47(34-30-45)61-48-35-31-46(32-36-48)54-58-50(42-19-11-4-12-20-42)56-52(60-54)44-27-23-40(24-28-44)38-15-7-2-8-16-38/h1-36H. The summed E-state index contributed by atoms with van der Waals surface area (Å²) in [4.78, 5) is 31.9. The van der Waals surface area contributed by atoms with E-state index in [1.165, 1.54) is 11.1 Å². The van der Waals surface area contributed by atoms with Crippen LogP contribution in [-0.4, -0.2) is 29.9 Å². The molecular weight excluding hydrogens is 765 g/mol. The topological polar surface area (TPSA) is 77.3 Å². The summed E-state index contributed by atoms with van der Waals surface area (Å²) in [6.45, 7) is 0. The fourth-order valence-electron chi connectivity index (χ4n) is 7.07. The lowest BCUT2D eigenvalue weighted by atomic mass is 10.0. The molecule has 0 aliphatic carbocycles. The van der Waals surface area contributed by atoms with Gasteiger partial charge in [-0.1, -0.05) is 206 Å². The van der Waals surface area contributed by atoms with Crippen LogP contribution in [0.25, 0.3) is 90.6 Å². The maximum atomic E-state index is 4.98. The highest BCUT2D eigenvalue weighted by Gasteiger charge is 2.15. The highest BCUT2D eigenvalue weighted by Crippen LogP contribution is 2.33. The first kappa shape index (κ1) is 37.4. The van der Waals surface area contributed by atoms with E-state index in [1.807, 2.05) is 72.8 Å². The van der Waals surface area contributed by atoms with E-state index in [-0.39, 0.29) is 0 Å². The van der Waals surface area contributed by atoms with Gasteiger partial charge in [0, 0.05) is 43.2 Å². The molecule has 61 heavy (non-hydrogen) atoms. The highest BCUT2D eigenvalue weighted by atomic mass is 32.2. The van der Waals surface area contributed by atoms with Gasteiger partial charge in [-0.15, -0.1) is 0 Å². The summed E-state index contributed by atoms with van der Waals surface area (Å²) in [5.74, 6) is 3.77. The zero-order valence-corrected chi connectivity index (χ0v) is 33.7. The molecule has 0 saturated heterocycles. The number of nitrogens with zero attached hydrogens (tertiary/aromatic N) is 6. The second-order valence-corrected chi connectivity index (χ2v) is 15.5. The Labute approximate surface area is 358 Å². The van der Waals surface area contributed by atoms with Crippen LogP contribution in [0.2, 0.25) is 0 Å². The quantitative estimate of drug-likeness (QED) is 0.136. The summed E-state index contributed by atoms with van der Waals surface area (Å²) in [6.07, 6.45) is 0. The molecule has 0 bridgehead atoms. The molecule has 0 fully saturated rings. The number of hydrogen-bond acceptors (Lipinski definition) is 7. The number of hydrogen-bond donors (Lipinski definition) is 0. The van der Waals surface area contributed by atoms with E-state index in [9.17, 15) is 0 Å². The molecule has 7 heteroatoms. The van der Waals surface area contributed by atoms with E-state index in [4.69, 9.17) is 29.9 Å². The van der Waals surface area contributed by atoms with Crippen molar-refractivity contribution in [2.75, 3.05) is 0 Å². The van der Waals surface area contributed by atoms with Gasteiger partial charge in [-0.05, 0) is 46.5 Å². The molecular formula is C54H36N6S. The summed E-state index contributed by atoms with van der Waals surface area (Å²) in [5, 5.41) is 0. The maximum Gasteiger partial charge on any atom is 0.164 e. The van der Waals surface area contributed by atoms with Gasteiger partial charge in [-0.3, -0.25) is 0 Å². The van der Waals surface area contributed by atoms with Crippen LogP contribution in [0.5, 0.6) is 0 Å². The monoisotopic (exact) mass is 800 g/mol. The average molecular weight is 801 g/mol. The second-order valence-electron chi connectivity index (χ2n) is 14.4. The van der Waals surface area contributed by atoms with Crippen molar-refractivity contribution in [1.82, 2.24) is 29.9 Å². The molecule has 0 radical (unpaired) electrons. The Morgan fingerprint density at radius 2 is 0.361 bits per heavy atom. The molecule has 10 aromatic rings. The van der Waals surface area contributed by atoms with Crippen LogP contribution in [0.4, 0.5) is 0 Å². The lowest BCUT2D eigenvalue weighted by molar-refractivity contribution is 1.07. The van der Waals surface area contributed by atoms with Crippen molar-refractivity contribution < 1.29 is 0 Å². The van der Waals surface area contributed by atoms with Gasteiger partial charge in [0.15, 0.2) is 34.9 Å². The summed E-state index contributed by atoms with van der Waals surface area (Å²) in [6, 6.07) is 74.3. The predicted molar refractivity (Wildman–Crippen MR) is 247 cm³/mol. The summed E-state index contributed by atoms with van der Waals surface area (Å²) in [5.41, 5.74) is 10.2. The fourth-order valence-corrected chi connectivity index (χ4v) is 7.88. The maximum absolute atomic E-state index is 4.98. The van der Waals surface area contributed by atoms with E-state index in [0.717, 1.165) is 54.3 Å². The van der Waals surface area contributed by atoms with Gasteiger partial charge in [0.2, 0.25) is 0 Å². The van der Waals surface area contributed by atoms with Crippen molar-refractivity contribution in [3.8, 4) is 90.6 Å². The molecule has 0 atom stereocenters. The van der Waals surface area contributed by atoms with Crippen LogP contribution in [0.3, 0.4) is 0 Å². The third-order valence-corrected chi connectivity index (χ3v) is 11.3. The zero-order valence-electron chi connectivity index (χ0n) is 32.9. The molecule has 0 amide bonds. The average Bonchev–Trinajstić information content (AvgIpc) is 3.35. The Bertz CT molecular complexity index is 2830. The SMILES string of the molecule is c1ccc(-c2ccc(-c3nc(-c4ccccc4)nc(-c4ccc(Sc5ccc(-c6nc(-c7ccccc7)nc(-c7ccc(-c8ccccc8)cc7)n6)cc5)cc4)n3)cc2)cc1. The number of rotatable bonds is 10. The molecule has 0 unspecified atom stereocenters. The van der Waals surface area contributed by atoms with Gasteiger partial charge >= 0.3 is 0 Å². The lowest BCUT2D eigenvalue weighted by Crippen LogP contribution is -2.00. The van der Waals surface area contributed by atoms with Crippen molar-refractivity contribution >= 4 is 11.8 Å². The molecule has 6 nitrogen and oxygen atoms in total. The molecule has 8 aromatic carbocycles. The minimum Gasteiger partial charge on any atom is -0.208 e. The zero-order chi connectivity index (χ0) is 40.8. The third-order valence-electron chi connectivity index (χ3n) is 10.3. The van der Waals surface area contributed by atoms with Gasteiger partial charge in [0.25, 0.3) is 0 Å². The Morgan fingerprint density at radius 3 is 0.623 bits per heavy atom. The third kappa shape index (κ3) is 8.50. The minimum atomic E-state index is 0.621. The van der Waals surface area contributed by atoms with E-state index in [0.29, 0.717) is 34.9 Å².